The fraction of sp³-hybridized carbons (Fsp3) is 0.190. The maximum Gasteiger partial charge on any atom is 0.270 e. The Bertz CT molecular complexity index is 1030. The lowest BCUT2D eigenvalue weighted by molar-refractivity contribution is 0.0965. The minimum Gasteiger partial charge on any atom is -0.487 e. The highest BCUT2D eigenvalue weighted by atomic mass is 16.5. The minimum absolute atomic E-state index is 0.0932. The summed E-state index contributed by atoms with van der Waals surface area (Å²) in [6, 6.07) is 16.7. The highest BCUT2D eigenvalue weighted by molar-refractivity contribution is 5.96. The summed E-state index contributed by atoms with van der Waals surface area (Å²) in [6.07, 6.45) is 1.46. The molecule has 1 aromatic heterocycles. The molecule has 0 atom stereocenters. The number of rotatable bonds is 6. The van der Waals surface area contributed by atoms with E-state index in [2.05, 4.69) is 10.4 Å². The zero-order chi connectivity index (χ0) is 18.6. The summed E-state index contributed by atoms with van der Waals surface area (Å²) in [5.41, 5.74) is 3.57. The summed E-state index contributed by atoms with van der Waals surface area (Å²) < 4.78 is 6.76. The van der Waals surface area contributed by atoms with Gasteiger partial charge >= 0.3 is 0 Å². The first-order chi connectivity index (χ1) is 13.2. The summed E-state index contributed by atoms with van der Waals surface area (Å²) in [6.45, 7) is 1.86. The molecule has 0 fully saturated rings. The van der Waals surface area contributed by atoms with Gasteiger partial charge in [0, 0.05) is 24.7 Å². The lowest BCUT2D eigenvalue weighted by Crippen LogP contribution is -2.26. The fourth-order valence-electron chi connectivity index (χ4n) is 3.05. The quantitative estimate of drug-likeness (QED) is 0.682. The van der Waals surface area contributed by atoms with Crippen LogP contribution in [0.15, 0.2) is 65.6 Å². The molecule has 0 aliphatic carbocycles. The second kappa shape index (κ2) is 7.55. The van der Waals surface area contributed by atoms with Crippen molar-refractivity contribution in [1.29, 1.82) is 0 Å². The van der Waals surface area contributed by atoms with Crippen LogP contribution in [-0.4, -0.2) is 15.6 Å². The summed E-state index contributed by atoms with van der Waals surface area (Å²) in [7, 11) is 0. The van der Waals surface area contributed by atoms with Gasteiger partial charge in [-0.1, -0.05) is 42.5 Å². The first kappa shape index (κ1) is 17.2. The van der Waals surface area contributed by atoms with Crippen LogP contribution in [0.1, 0.15) is 27.0 Å². The van der Waals surface area contributed by atoms with Crippen molar-refractivity contribution in [3.63, 3.8) is 0 Å². The van der Waals surface area contributed by atoms with E-state index < -0.39 is 0 Å². The first-order valence-electron chi connectivity index (χ1n) is 8.79. The maximum absolute atomic E-state index is 12.5. The summed E-state index contributed by atoms with van der Waals surface area (Å²) in [5, 5.41) is 7.32. The highest BCUT2D eigenvalue weighted by Gasteiger charge is 2.15. The predicted octanol–water partition coefficient (Wildman–Crippen LogP) is 2.31. The maximum atomic E-state index is 12.5. The number of carbonyl (C=O) groups is 1. The summed E-state index contributed by atoms with van der Waals surface area (Å²) >= 11 is 0. The molecule has 4 rings (SSSR count). The molecule has 0 bridgehead atoms. The number of benzene rings is 2. The van der Waals surface area contributed by atoms with Crippen molar-refractivity contribution in [1.82, 2.24) is 15.1 Å². The van der Waals surface area contributed by atoms with Crippen LogP contribution in [-0.2, 0) is 26.2 Å². The van der Waals surface area contributed by atoms with E-state index in [1.165, 1.54) is 17.8 Å². The Morgan fingerprint density at radius 2 is 1.89 bits per heavy atom. The van der Waals surface area contributed by atoms with Gasteiger partial charge in [-0.2, -0.15) is 5.10 Å². The molecule has 6 nitrogen and oxygen atoms in total. The number of hydrogen-bond acceptors (Lipinski definition) is 5. The minimum atomic E-state index is -0.364. The van der Waals surface area contributed by atoms with Gasteiger partial charge in [0.15, 0.2) is 5.78 Å². The van der Waals surface area contributed by atoms with Crippen LogP contribution in [0.3, 0.4) is 0 Å². The monoisotopic (exact) mass is 361 g/mol. The smallest absolute Gasteiger partial charge is 0.270 e. The van der Waals surface area contributed by atoms with Crippen molar-refractivity contribution < 1.29 is 9.53 Å². The van der Waals surface area contributed by atoms with Gasteiger partial charge in [0.2, 0.25) is 0 Å². The summed E-state index contributed by atoms with van der Waals surface area (Å²) in [4.78, 5) is 24.8. The van der Waals surface area contributed by atoms with Crippen LogP contribution >= 0.6 is 0 Å². The van der Waals surface area contributed by atoms with Crippen LogP contribution in [0.4, 0.5) is 0 Å². The molecule has 0 spiro atoms. The number of fused-ring (bicyclic) bond motifs is 1. The van der Waals surface area contributed by atoms with Crippen LogP contribution in [0.2, 0.25) is 0 Å². The zero-order valence-electron chi connectivity index (χ0n) is 14.7. The predicted molar refractivity (Wildman–Crippen MR) is 101 cm³/mol. The van der Waals surface area contributed by atoms with Gasteiger partial charge in [-0.15, -0.1) is 0 Å². The Morgan fingerprint density at radius 1 is 1.07 bits per heavy atom. The number of nitrogens with one attached hydrogen (secondary N) is 1. The average Bonchev–Trinajstić information content (AvgIpc) is 3.17. The number of carbonyl (C=O) groups excluding carboxylic acids is 1. The van der Waals surface area contributed by atoms with Gasteiger partial charge in [0.05, 0.1) is 6.20 Å². The molecular weight excluding hydrogens is 342 g/mol. The standard InChI is InChI=1S/C21H19N3O3/c25-20(16-6-7-17-10-22-11-18(17)8-16)13-24-21(26)9-19(12-23-24)27-14-15-4-2-1-3-5-15/h1-9,12,22H,10-11,13-14H2. The Labute approximate surface area is 156 Å². The molecule has 0 amide bonds. The molecule has 0 saturated heterocycles. The van der Waals surface area contributed by atoms with E-state index in [1.54, 1.807) is 6.07 Å². The largest absolute Gasteiger partial charge is 0.487 e. The van der Waals surface area contributed by atoms with E-state index in [0.29, 0.717) is 17.9 Å². The van der Waals surface area contributed by atoms with E-state index >= 15 is 0 Å². The van der Waals surface area contributed by atoms with Crippen molar-refractivity contribution in [2.75, 3.05) is 0 Å². The average molecular weight is 361 g/mol. The molecule has 1 aliphatic rings. The molecule has 0 unspecified atom stereocenters. The molecule has 2 aromatic carbocycles. The van der Waals surface area contributed by atoms with Crippen LogP contribution < -0.4 is 15.6 Å². The molecule has 2 heterocycles. The topological polar surface area (TPSA) is 73.2 Å². The van der Waals surface area contributed by atoms with Crippen LogP contribution in [0.5, 0.6) is 5.75 Å². The normalized spacial score (nSPS) is 12.6. The Hall–Kier alpha value is -3.25. The third-order valence-electron chi connectivity index (χ3n) is 4.55. The lowest BCUT2D eigenvalue weighted by atomic mass is 10.0. The van der Waals surface area contributed by atoms with E-state index in [9.17, 15) is 9.59 Å². The van der Waals surface area contributed by atoms with Gasteiger partial charge in [0.25, 0.3) is 5.56 Å². The molecule has 0 saturated carbocycles. The fourth-order valence-corrected chi connectivity index (χ4v) is 3.05. The third kappa shape index (κ3) is 3.96. The van der Waals surface area contributed by atoms with Crippen molar-refractivity contribution in [2.24, 2.45) is 0 Å². The zero-order valence-corrected chi connectivity index (χ0v) is 14.7. The Kier molecular flexibility index (Phi) is 4.80. The summed E-state index contributed by atoms with van der Waals surface area (Å²) in [5.74, 6) is 0.244. The number of aromatic nitrogens is 2. The number of hydrogen-bond donors (Lipinski definition) is 1. The van der Waals surface area contributed by atoms with Gasteiger partial charge in [0.1, 0.15) is 18.9 Å². The van der Waals surface area contributed by atoms with Crippen molar-refractivity contribution in [2.45, 2.75) is 26.2 Å². The van der Waals surface area contributed by atoms with Crippen molar-refractivity contribution >= 4 is 5.78 Å². The molecule has 0 radical (unpaired) electrons. The molecule has 136 valence electrons. The second-order valence-electron chi connectivity index (χ2n) is 6.47. The molecule has 3 aromatic rings. The number of nitrogens with zero attached hydrogens (tertiary/aromatic N) is 2. The van der Waals surface area contributed by atoms with E-state index in [0.717, 1.165) is 28.9 Å². The first-order valence-corrected chi connectivity index (χ1v) is 8.79. The van der Waals surface area contributed by atoms with Gasteiger partial charge in [-0.25, -0.2) is 4.68 Å². The van der Waals surface area contributed by atoms with E-state index in [1.807, 2.05) is 42.5 Å². The molecule has 6 heteroatoms. The van der Waals surface area contributed by atoms with Crippen molar-refractivity contribution in [3.8, 4) is 5.75 Å². The molecule has 27 heavy (non-hydrogen) atoms. The van der Waals surface area contributed by atoms with E-state index in [-0.39, 0.29) is 17.9 Å². The third-order valence-corrected chi connectivity index (χ3v) is 4.55. The van der Waals surface area contributed by atoms with E-state index in [4.69, 9.17) is 4.74 Å². The molecule has 1 aliphatic heterocycles. The second-order valence-corrected chi connectivity index (χ2v) is 6.47. The Morgan fingerprint density at radius 3 is 2.70 bits per heavy atom. The molecular formula is C21H19N3O3. The Balaban J connectivity index is 1.43. The number of ketones is 1. The SMILES string of the molecule is O=C(Cn1ncc(OCc2ccccc2)cc1=O)c1ccc2c(c1)CNC2. The lowest BCUT2D eigenvalue weighted by Gasteiger charge is -2.08. The van der Waals surface area contributed by atoms with Gasteiger partial charge < -0.3 is 10.1 Å². The number of ether oxygens (including phenoxy) is 1. The van der Waals surface area contributed by atoms with Crippen LogP contribution in [0.25, 0.3) is 0 Å². The van der Waals surface area contributed by atoms with Gasteiger partial charge in [-0.3, -0.25) is 9.59 Å². The van der Waals surface area contributed by atoms with Crippen LogP contribution in [0, 0.1) is 0 Å². The molecule has 1 N–H and O–H groups in total. The number of Topliss-reactive ketones (excluding diaryl/α,β-unsaturated/α-hetero) is 1. The van der Waals surface area contributed by atoms with Gasteiger partial charge in [-0.05, 0) is 22.8 Å². The highest BCUT2D eigenvalue weighted by Crippen LogP contribution is 2.17. The van der Waals surface area contributed by atoms with Crippen molar-refractivity contribution in [3.05, 3.63) is 93.4 Å².